The van der Waals surface area contributed by atoms with E-state index in [1.54, 1.807) is 26.8 Å². The summed E-state index contributed by atoms with van der Waals surface area (Å²) in [5.74, 6) is -1.47. The van der Waals surface area contributed by atoms with E-state index in [9.17, 15) is 27.6 Å². The third-order valence-corrected chi connectivity index (χ3v) is 4.61. The van der Waals surface area contributed by atoms with E-state index in [1.807, 2.05) is 0 Å². The molecule has 0 bridgehead atoms. The van der Waals surface area contributed by atoms with E-state index in [0.717, 1.165) is 0 Å². The van der Waals surface area contributed by atoms with Crippen LogP contribution in [0, 0.1) is 5.92 Å². The maximum absolute atomic E-state index is 13.3. The third-order valence-electron chi connectivity index (χ3n) is 4.61. The first kappa shape index (κ1) is 21.9. The fourth-order valence-corrected chi connectivity index (χ4v) is 3.25. The standard InChI is InChI=1S/C20H24F3N3O4/c1-19(2,3)30-18(29)24-13-10-25(16(27)12-8-9-12)14-6-4-5-7-15(14)26(17(13)28)11-20(21,22)23/h4-7,12-13H,8-11H2,1-3H3,(H,24,29)/t13-/m0/s1. The van der Waals surface area contributed by atoms with Crippen molar-refractivity contribution >= 4 is 29.3 Å². The monoisotopic (exact) mass is 427 g/mol. The molecule has 1 fully saturated rings. The third kappa shape index (κ3) is 5.22. The number of anilines is 2. The Kier molecular flexibility index (Phi) is 5.70. The molecule has 1 aliphatic heterocycles. The Hall–Kier alpha value is -2.78. The van der Waals surface area contributed by atoms with Gasteiger partial charge in [-0.05, 0) is 45.7 Å². The van der Waals surface area contributed by atoms with Crippen LogP contribution in [0.2, 0.25) is 0 Å². The van der Waals surface area contributed by atoms with E-state index >= 15 is 0 Å². The smallest absolute Gasteiger partial charge is 0.408 e. The minimum absolute atomic E-state index is 0.0256. The van der Waals surface area contributed by atoms with Gasteiger partial charge in [0.2, 0.25) is 5.91 Å². The highest BCUT2D eigenvalue weighted by Gasteiger charge is 2.44. The molecule has 0 spiro atoms. The fraction of sp³-hybridized carbons (Fsp3) is 0.550. The summed E-state index contributed by atoms with van der Waals surface area (Å²) >= 11 is 0. The molecule has 3 rings (SSSR count). The van der Waals surface area contributed by atoms with Crippen molar-refractivity contribution in [1.82, 2.24) is 5.32 Å². The van der Waals surface area contributed by atoms with E-state index in [-0.39, 0.29) is 29.7 Å². The number of carbonyl (C=O) groups is 3. The normalized spacial score (nSPS) is 19.8. The molecule has 164 valence electrons. The average Bonchev–Trinajstić information content (AvgIpc) is 3.45. The van der Waals surface area contributed by atoms with Crippen molar-refractivity contribution < 1.29 is 32.3 Å². The number of rotatable bonds is 3. The number of fused-ring (bicyclic) bond motifs is 1. The van der Waals surface area contributed by atoms with Crippen molar-refractivity contribution in [2.45, 2.75) is 51.4 Å². The molecule has 1 aromatic rings. The summed E-state index contributed by atoms with van der Waals surface area (Å²) < 4.78 is 44.9. The van der Waals surface area contributed by atoms with E-state index in [1.165, 1.54) is 23.1 Å². The molecule has 30 heavy (non-hydrogen) atoms. The Bertz CT molecular complexity index is 846. The predicted octanol–water partition coefficient (Wildman–Crippen LogP) is 3.23. The number of nitrogens with one attached hydrogen (secondary N) is 1. The van der Waals surface area contributed by atoms with Crippen LogP contribution in [0.1, 0.15) is 33.6 Å². The molecule has 1 aromatic carbocycles. The number of hydrogen-bond acceptors (Lipinski definition) is 4. The molecule has 1 saturated carbocycles. The molecular weight excluding hydrogens is 403 g/mol. The molecule has 0 unspecified atom stereocenters. The van der Waals surface area contributed by atoms with Crippen molar-refractivity contribution in [3.63, 3.8) is 0 Å². The van der Waals surface area contributed by atoms with E-state index in [4.69, 9.17) is 4.74 Å². The van der Waals surface area contributed by atoms with E-state index < -0.39 is 36.4 Å². The zero-order valence-electron chi connectivity index (χ0n) is 17.0. The van der Waals surface area contributed by atoms with Crippen molar-refractivity contribution in [2.75, 3.05) is 22.9 Å². The molecule has 1 heterocycles. The topological polar surface area (TPSA) is 79.0 Å². The highest BCUT2D eigenvalue weighted by molar-refractivity contribution is 6.08. The van der Waals surface area contributed by atoms with Crippen molar-refractivity contribution in [3.05, 3.63) is 24.3 Å². The maximum atomic E-state index is 13.3. The van der Waals surface area contributed by atoms with Crippen molar-refractivity contribution in [3.8, 4) is 0 Å². The second-order valence-electron chi connectivity index (χ2n) is 8.45. The van der Waals surface area contributed by atoms with Crippen LogP contribution in [-0.4, -0.2) is 48.8 Å². The molecule has 0 aromatic heterocycles. The summed E-state index contributed by atoms with van der Waals surface area (Å²) in [6.07, 6.45) is -4.25. The van der Waals surface area contributed by atoms with E-state index in [0.29, 0.717) is 17.7 Å². The van der Waals surface area contributed by atoms with Gasteiger partial charge in [0.25, 0.3) is 5.91 Å². The van der Waals surface area contributed by atoms with Gasteiger partial charge in [0.05, 0.1) is 17.9 Å². The number of alkyl halides is 3. The average molecular weight is 427 g/mol. The van der Waals surface area contributed by atoms with Crippen LogP contribution < -0.4 is 15.1 Å². The van der Waals surface area contributed by atoms with Crippen LogP contribution >= 0.6 is 0 Å². The Morgan fingerprint density at radius 1 is 1.13 bits per heavy atom. The highest BCUT2D eigenvalue weighted by Crippen LogP contribution is 2.39. The lowest BCUT2D eigenvalue weighted by atomic mass is 10.2. The van der Waals surface area contributed by atoms with Crippen molar-refractivity contribution in [1.29, 1.82) is 0 Å². The number of para-hydroxylation sites is 2. The zero-order chi connectivity index (χ0) is 22.3. The number of benzene rings is 1. The first-order chi connectivity index (χ1) is 13.9. The summed E-state index contributed by atoms with van der Waals surface area (Å²) in [6.45, 7) is 3.04. The van der Waals surface area contributed by atoms with E-state index in [2.05, 4.69) is 5.32 Å². The van der Waals surface area contributed by atoms with Gasteiger partial charge in [0.1, 0.15) is 18.2 Å². The Morgan fingerprint density at radius 2 is 1.73 bits per heavy atom. The molecular formula is C20H24F3N3O4. The number of amides is 3. The summed E-state index contributed by atoms with van der Waals surface area (Å²) in [5, 5.41) is 2.35. The molecule has 1 atom stereocenters. The molecule has 2 aliphatic rings. The summed E-state index contributed by atoms with van der Waals surface area (Å²) in [7, 11) is 0. The van der Waals surface area contributed by atoms with Gasteiger partial charge in [-0.15, -0.1) is 0 Å². The largest absolute Gasteiger partial charge is 0.444 e. The minimum atomic E-state index is -4.67. The van der Waals surface area contributed by atoms with Crippen LogP contribution in [0.5, 0.6) is 0 Å². The van der Waals surface area contributed by atoms with Gasteiger partial charge in [0.15, 0.2) is 0 Å². The van der Waals surface area contributed by atoms with Crippen LogP contribution in [0.4, 0.5) is 29.3 Å². The van der Waals surface area contributed by atoms with Gasteiger partial charge in [-0.2, -0.15) is 13.2 Å². The van der Waals surface area contributed by atoms with Crippen LogP contribution in [0.3, 0.4) is 0 Å². The quantitative estimate of drug-likeness (QED) is 0.804. The molecule has 10 heteroatoms. The van der Waals surface area contributed by atoms with Crippen LogP contribution in [-0.2, 0) is 14.3 Å². The second kappa shape index (κ2) is 7.81. The number of carbonyl (C=O) groups excluding carboxylic acids is 3. The number of hydrogen-bond donors (Lipinski definition) is 1. The van der Waals surface area contributed by atoms with Gasteiger partial charge in [-0.3, -0.25) is 14.5 Å². The Morgan fingerprint density at radius 3 is 2.27 bits per heavy atom. The van der Waals surface area contributed by atoms with Gasteiger partial charge in [-0.25, -0.2) is 4.79 Å². The number of ether oxygens (including phenoxy) is 1. The van der Waals surface area contributed by atoms with Crippen molar-refractivity contribution in [2.24, 2.45) is 5.92 Å². The molecule has 1 N–H and O–H groups in total. The first-order valence-electron chi connectivity index (χ1n) is 9.64. The van der Waals surface area contributed by atoms with Crippen LogP contribution in [0.15, 0.2) is 24.3 Å². The van der Waals surface area contributed by atoms with Gasteiger partial charge < -0.3 is 15.0 Å². The number of nitrogens with zero attached hydrogens (tertiary/aromatic N) is 2. The second-order valence-corrected chi connectivity index (χ2v) is 8.45. The van der Waals surface area contributed by atoms with Crippen LogP contribution in [0.25, 0.3) is 0 Å². The first-order valence-corrected chi connectivity index (χ1v) is 9.64. The molecule has 7 nitrogen and oxygen atoms in total. The highest BCUT2D eigenvalue weighted by atomic mass is 19.4. The molecule has 0 radical (unpaired) electrons. The predicted molar refractivity (Wildman–Crippen MR) is 103 cm³/mol. The zero-order valence-corrected chi connectivity index (χ0v) is 17.0. The van der Waals surface area contributed by atoms with Gasteiger partial charge in [0, 0.05) is 5.92 Å². The fourth-order valence-electron chi connectivity index (χ4n) is 3.25. The summed E-state index contributed by atoms with van der Waals surface area (Å²) in [6, 6.07) is 4.56. The lowest BCUT2D eigenvalue weighted by Crippen LogP contribution is -2.55. The lowest BCUT2D eigenvalue weighted by Gasteiger charge is -2.27. The molecule has 0 saturated heterocycles. The minimum Gasteiger partial charge on any atom is -0.444 e. The maximum Gasteiger partial charge on any atom is 0.408 e. The Balaban J connectivity index is 1.99. The Labute approximate surface area is 172 Å². The lowest BCUT2D eigenvalue weighted by molar-refractivity contribution is -0.133. The molecule has 1 aliphatic carbocycles. The van der Waals surface area contributed by atoms with Gasteiger partial charge >= 0.3 is 12.3 Å². The van der Waals surface area contributed by atoms with Gasteiger partial charge in [-0.1, -0.05) is 12.1 Å². The molecule has 3 amide bonds. The SMILES string of the molecule is CC(C)(C)OC(=O)N[C@H]1CN(C(=O)C2CC2)c2ccccc2N(CC(F)(F)F)C1=O. The number of halogens is 3. The number of alkyl carbamates (subject to hydrolysis) is 1. The summed E-state index contributed by atoms with van der Waals surface area (Å²) in [5.41, 5.74) is -0.682. The summed E-state index contributed by atoms with van der Waals surface area (Å²) in [4.78, 5) is 40.0.